The minimum Gasteiger partial charge on any atom is -0.469 e. The predicted molar refractivity (Wildman–Crippen MR) is 79.0 cm³/mol. The molecule has 2 N–H and O–H groups in total. The van der Waals surface area contributed by atoms with Gasteiger partial charge < -0.3 is 10.5 Å². The summed E-state index contributed by atoms with van der Waals surface area (Å²) in [4.78, 5) is 12.0. The highest BCUT2D eigenvalue weighted by molar-refractivity contribution is 5.74. The predicted octanol–water partition coefficient (Wildman–Crippen LogP) is 2.72. The first-order valence-electron chi connectivity index (χ1n) is 6.64. The number of benzene rings is 2. The maximum atomic E-state index is 12.0. The number of rotatable bonds is 5. The van der Waals surface area contributed by atoms with Gasteiger partial charge in [0.2, 0.25) is 0 Å². The highest BCUT2D eigenvalue weighted by Gasteiger charge is 2.27. The molecule has 0 amide bonds. The van der Waals surface area contributed by atoms with E-state index in [-0.39, 0.29) is 17.9 Å². The van der Waals surface area contributed by atoms with Crippen molar-refractivity contribution in [1.29, 1.82) is 0 Å². The van der Waals surface area contributed by atoms with E-state index < -0.39 is 0 Å². The Bertz CT molecular complexity index is 539. The van der Waals surface area contributed by atoms with Crippen LogP contribution in [0.25, 0.3) is 0 Å². The van der Waals surface area contributed by atoms with Gasteiger partial charge in [0, 0.05) is 6.04 Å². The minimum atomic E-state index is -0.384. The van der Waals surface area contributed by atoms with Crippen LogP contribution in [-0.4, -0.2) is 13.1 Å². The molecule has 0 spiro atoms. The fourth-order valence-corrected chi connectivity index (χ4v) is 2.28. The molecule has 0 saturated heterocycles. The summed E-state index contributed by atoms with van der Waals surface area (Å²) >= 11 is 0. The molecule has 2 rings (SSSR count). The molecule has 2 aromatic carbocycles. The van der Waals surface area contributed by atoms with Gasteiger partial charge in [-0.1, -0.05) is 60.7 Å². The summed E-state index contributed by atoms with van der Waals surface area (Å²) in [6.07, 6.45) is 0.573. The lowest BCUT2D eigenvalue weighted by molar-refractivity contribution is -0.146. The van der Waals surface area contributed by atoms with Gasteiger partial charge in [0.25, 0.3) is 0 Å². The van der Waals surface area contributed by atoms with Crippen LogP contribution in [0.4, 0.5) is 0 Å². The molecule has 0 saturated carbocycles. The smallest absolute Gasteiger partial charge is 0.310 e. The molecule has 0 heterocycles. The summed E-state index contributed by atoms with van der Waals surface area (Å²) in [5, 5.41) is 0. The molecule has 0 fully saturated rings. The zero-order valence-corrected chi connectivity index (χ0v) is 11.5. The van der Waals surface area contributed by atoms with Crippen molar-refractivity contribution in [3.05, 3.63) is 71.8 Å². The quantitative estimate of drug-likeness (QED) is 0.849. The summed E-state index contributed by atoms with van der Waals surface area (Å²) in [5.41, 5.74) is 8.28. The number of carbonyl (C=O) groups excluding carboxylic acids is 1. The second kappa shape index (κ2) is 6.87. The van der Waals surface area contributed by atoms with Gasteiger partial charge in [0.05, 0.1) is 13.0 Å². The lowest BCUT2D eigenvalue weighted by Gasteiger charge is -2.22. The molecule has 0 aliphatic heterocycles. The Morgan fingerprint density at radius 1 is 1.05 bits per heavy atom. The van der Waals surface area contributed by atoms with Crippen LogP contribution >= 0.6 is 0 Å². The fourth-order valence-electron chi connectivity index (χ4n) is 2.28. The molecule has 104 valence electrons. The van der Waals surface area contributed by atoms with Gasteiger partial charge in [-0.2, -0.15) is 0 Å². The topological polar surface area (TPSA) is 52.3 Å². The number of methoxy groups -OCH3 is 1. The average molecular weight is 269 g/mol. The molecule has 2 atom stereocenters. The normalized spacial score (nSPS) is 13.5. The van der Waals surface area contributed by atoms with Crippen LogP contribution < -0.4 is 5.73 Å². The van der Waals surface area contributed by atoms with Gasteiger partial charge in [-0.15, -0.1) is 0 Å². The fraction of sp³-hybridized carbons (Fsp3) is 0.235. The van der Waals surface area contributed by atoms with Crippen LogP contribution in [0.5, 0.6) is 0 Å². The highest BCUT2D eigenvalue weighted by Crippen LogP contribution is 2.24. The maximum absolute atomic E-state index is 12.0. The summed E-state index contributed by atoms with van der Waals surface area (Å²) in [6, 6.07) is 19.1. The molecule has 0 aliphatic carbocycles. The second-order valence-electron chi connectivity index (χ2n) is 4.76. The van der Waals surface area contributed by atoms with Crippen LogP contribution in [0.2, 0.25) is 0 Å². The monoisotopic (exact) mass is 269 g/mol. The van der Waals surface area contributed by atoms with Crippen LogP contribution in [0, 0.1) is 5.92 Å². The molecule has 3 nitrogen and oxygen atoms in total. The number of esters is 1. The summed E-state index contributed by atoms with van der Waals surface area (Å²) in [6.45, 7) is 0. The first-order chi connectivity index (χ1) is 9.72. The standard InChI is InChI=1S/C17H19NO2/c1-20-17(19)15(12-13-8-4-2-5-9-13)16(18)14-10-6-3-7-11-14/h2-11,15-16H,12,18H2,1H3/t15-,16-/m1/s1. The van der Waals surface area contributed by atoms with E-state index >= 15 is 0 Å². The number of nitrogens with two attached hydrogens (primary N) is 1. The van der Waals surface area contributed by atoms with E-state index in [1.54, 1.807) is 0 Å². The third-order valence-electron chi connectivity index (χ3n) is 3.42. The van der Waals surface area contributed by atoms with Gasteiger partial charge in [-0.05, 0) is 17.5 Å². The summed E-state index contributed by atoms with van der Waals surface area (Å²) in [7, 11) is 1.40. The number of hydrogen-bond donors (Lipinski definition) is 1. The Morgan fingerprint density at radius 2 is 1.60 bits per heavy atom. The van der Waals surface area contributed by atoms with E-state index in [2.05, 4.69) is 0 Å². The van der Waals surface area contributed by atoms with Crippen LogP contribution in [0.3, 0.4) is 0 Å². The van der Waals surface area contributed by atoms with Crippen molar-refractivity contribution in [3.8, 4) is 0 Å². The van der Waals surface area contributed by atoms with Crippen molar-refractivity contribution in [2.24, 2.45) is 11.7 Å². The molecular weight excluding hydrogens is 250 g/mol. The zero-order chi connectivity index (χ0) is 14.4. The van der Waals surface area contributed by atoms with Crippen molar-refractivity contribution in [1.82, 2.24) is 0 Å². The molecule has 0 unspecified atom stereocenters. The number of ether oxygens (including phenoxy) is 1. The first kappa shape index (κ1) is 14.3. The molecule has 0 bridgehead atoms. The van der Waals surface area contributed by atoms with E-state index in [0.717, 1.165) is 11.1 Å². The maximum Gasteiger partial charge on any atom is 0.310 e. The number of carbonyl (C=O) groups is 1. The average Bonchev–Trinajstić information content (AvgIpc) is 2.53. The van der Waals surface area contributed by atoms with E-state index in [1.807, 2.05) is 60.7 Å². The van der Waals surface area contributed by atoms with Crippen molar-refractivity contribution in [2.45, 2.75) is 12.5 Å². The lowest BCUT2D eigenvalue weighted by Crippen LogP contribution is -2.31. The van der Waals surface area contributed by atoms with Crippen molar-refractivity contribution in [2.75, 3.05) is 7.11 Å². The molecule has 0 aromatic heterocycles. The molecule has 0 radical (unpaired) electrons. The summed E-state index contributed by atoms with van der Waals surface area (Å²) in [5.74, 6) is -0.657. The minimum absolute atomic E-state index is 0.273. The molecular formula is C17H19NO2. The zero-order valence-electron chi connectivity index (χ0n) is 11.5. The third kappa shape index (κ3) is 3.45. The Labute approximate surface area is 119 Å². The first-order valence-corrected chi connectivity index (χ1v) is 6.64. The van der Waals surface area contributed by atoms with Gasteiger partial charge in [-0.25, -0.2) is 0 Å². The Kier molecular flexibility index (Phi) is 4.91. The van der Waals surface area contributed by atoms with E-state index in [1.165, 1.54) is 7.11 Å². The SMILES string of the molecule is COC(=O)[C@H](Cc1ccccc1)[C@H](N)c1ccccc1. The van der Waals surface area contributed by atoms with Crippen molar-refractivity contribution in [3.63, 3.8) is 0 Å². The van der Waals surface area contributed by atoms with Crippen LogP contribution in [-0.2, 0) is 16.0 Å². The Hall–Kier alpha value is -2.13. The van der Waals surface area contributed by atoms with E-state index in [4.69, 9.17) is 10.5 Å². The summed E-state index contributed by atoms with van der Waals surface area (Å²) < 4.78 is 4.91. The Morgan fingerprint density at radius 3 is 2.15 bits per heavy atom. The molecule has 20 heavy (non-hydrogen) atoms. The van der Waals surface area contributed by atoms with E-state index in [9.17, 15) is 4.79 Å². The molecule has 3 heteroatoms. The van der Waals surface area contributed by atoms with Gasteiger partial charge in [0.1, 0.15) is 0 Å². The highest BCUT2D eigenvalue weighted by atomic mass is 16.5. The van der Waals surface area contributed by atoms with Crippen molar-refractivity contribution >= 4 is 5.97 Å². The van der Waals surface area contributed by atoms with Gasteiger partial charge in [0.15, 0.2) is 0 Å². The largest absolute Gasteiger partial charge is 0.469 e. The number of hydrogen-bond acceptors (Lipinski definition) is 3. The van der Waals surface area contributed by atoms with Crippen molar-refractivity contribution < 1.29 is 9.53 Å². The molecule has 0 aliphatic rings. The van der Waals surface area contributed by atoms with Gasteiger partial charge in [-0.3, -0.25) is 4.79 Å². The molecule has 2 aromatic rings. The van der Waals surface area contributed by atoms with Gasteiger partial charge >= 0.3 is 5.97 Å². The second-order valence-corrected chi connectivity index (χ2v) is 4.76. The lowest BCUT2D eigenvalue weighted by atomic mass is 9.88. The Balaban J connectivity index is 2.22. The van der Waals surface area contributed by atoms with E-state index in [0.29, 0.717) is 6.42 Å². The van der Waals surface area contributed by atoms with Crippen LogP contribution in [0.15, 0.2) is 60.7 Å². The third-order valence-corrected chi connectivity index (χ3v) is 3.42. The van der Waals surface area contributed by atoms with Crippen LogP contribution in [0.1, 0.15) is 17.2 Å².